The monoisotopic (exact) mass is 192 g/mol. The fourth-order valence-corrected chi connectivity index (χ4v) is 1.59. The Morgan fingerprint density at radius 2 is 2.00 bits per heavy atom. The van der Waals surface area contributed by atoms with Crippen LogP contribution in [0.2, 0.25) is 0 Å². The summed E-state index contributed by atoms with van der Waals surface area (Å²) in [7, 11) is 0. The van der Waals surface area contributed by atoms with Crippen molar-refractivity contribution < 1.29 is 0 Å². The minimum Gasteiger partial charge on any atom is -0.327 e. The van der Waals surface area contributed by atoms with E-state index in [4.69, 9.17) is 5.73 Å². The molecule has 0 aromatic carbocycles. The van der Waals surface area contributed by atoms with E-state index in [1.165, 1.54) is 12.0 Å². The first-order valence-electron chi connectivity index (χ1n) is 5.36. The number of rotatable bonds is 5. The van der Waals surface area contributed by atoms with Crippen LogP contribution in [0.5, 0.6) is 0 Å². The van der Waals surface area contributed by atoms with Gasteiger partial charge in [0.1, 0.15) is 0 Å². The van der Waals surface area contributed by atoms with Crippen molar-refractivity contribution in [3.8, 4) is 0 Å². The smallest absolute Gasteiger partial charge is 0.0270 e. The van der Waals surface area contributed by atoms with Gasteiger partial charge in [-0.2, -0.15) is 0 Å². The molecule has 2 nitrogen and oxygen atoms in total. The minimum atomic E-state index is 0.285. The Labute approximate surface area is 86.5 Å². The number of hydrogen-bond acceptors (Lipinski definition) is 2. The van der Waals surface area contributed by atoms with Crippen LogP contribution < -0.4 is 5.73 Å². The molecule has 1 aromatic heterocycles. The zero-order valence-electron chi connectivity index (χ0n) is 9.11. The lowest BCUT2D eigenvalue weighted by molar-refractivity contribution is 0.450. The van der Waals surface area contributed by atoms with Gasteiger partial charge in [-0.1, -0.05) is 20.3 Å². The van der Waals surface area contributed by atoms with E-state index in [0.717, 1.165) is 18.8 Å². The van der Waals surface area contributed by atoms with Gasteiger partial charge in [0, 0.05) is 18.4 Å². The van der Waals surface area contributed by atoms with Crippen molar-refractivity contribution >= 4 is 0 Å². The van der Waals surface area contributed by atoms with Crippen LogP contribution in [0.25, 0.3) is 0 Å². The summed E-state index contributed by atoms with van der Waals surface area (Å²) in [5, 5.41) is 0. The van der Waals surface area contributed by atoms with Crippen LogP contribution >= 0.6 is 0 Å². The quantitative estimate of drug-likeness (QED) is 0.778. The van der Waals surface area contributed by atoms with E-state index in [9.17, 15) is 0 Å². The van der Waals surface area contributed by atoms with Crippen LogP contribution in [0, 0.1) is 5.92 Å². The van der Waals surface area contributed by atoms with Crippen LogP contribution in [0.4, 0.5) is 0 Å². The van der Waals surface area contributed by atoms with E-state index in [2.05, 4.69) is 18.8 Å². The molecule has 14 heavy (non-hydrogen) atoms. The largest absolute Gasteiger partial charge is 0.327 e. The van der Waals surface area contributed by atoms with Gasteiger partial charge in [-0.05, 0) is 36.5 Å². The molecule has 0 bridgehead atoms. The second-order valence-corrected chi connectivity index (χ2v) is 4.07. The maximum absolute atomic E-state index is 6.06. The normalized spacial score (nSPS) is 15.1. The molecule has 1 aromatic rings. The van der Waals surface area contributed by atoms with Crippen LogP contribution in [-0.2, 0) is 6.42 Å². The molecule has 2 N–H and O–H groups in total. The molecule has 2 unspecified atom stereocenters. The highest BCUT2D eigenvalue weighted by atomic mass is 14.6. The minimum absolute atomic E-state index is 0.285. The summed E-state index contributed by atoms with van der Waals surface area (Å²) in [4.78, 5) is 3.99. The molecular formula is C12H20N2. The molecule has 2 atom stereocenters. The summed E-state index contributed by atoms with van der Waals surface area (Å²) >= 11 is 0. The van der Waals surface area contributed by atoms with Crippen molar-refractivity contribution in [2.45, 2.75) is 39.2 Å². The first kappa shape index (κ1) is 11.2. The average Bonchev–Trinajstić information content (AvgIpc) is 2.19. The van der Waals surface area contributed by atoms with Gasteiger partial charge >= 0.3 is 0 Å². The molecule has 1 rings (SSSR count). The van der Waals surface area contributed by atoms with Gasteiger partial charge < -0.3 is 5.73 Å². The van der Waals surface area contributed by atoms with Crippen LogP contribution in [-0.4, -0.2) is 11.0 Å². The predicted octanol–water partition coefficient (Wildman–Crippen LogP) is 2.39. The summed E-state index contributed by atoms with van der Waals surface area (Å²) in [6, 6.07) is 4.36. The molecule has 0 saturated heterocycles. The van der Waals surface area contributed by atoms with Gasteiger partial charge in [0.25, 0.3) is 0 Å². The fourth-order valence-electron chi connectivity index (χ4n) is 1.59. The summed E-state index contributed by atoms with van der Waals surface area (Å²) in [6.07, 6.45) is 6.94. The highest BCUT2D eigenvalue weighted by molar-refractivity contribution is 5.11. The molecule has 0 fully saturated rings. The van der Waals surface area contributed by atoms with Gasteiger partial charge in [-0.25, -0.2) is 0 Å². The Morgan fingerprint density at radius 1 is 1.36 bits per heavy atom. The number of nitrogens with two attached hydrogens (primary N) is 1. The van der Waals surface area contributed by atoms with Crippen molar-refractivity contribution in [1.29, 1.82) is 0 Å². The molecule has 2 heteroatoms. The predicted molar refractivity (Wildman–Crippen MR) is 60.0 cm³/mol. The second kappa shape index (κ2) is 5.76. The zero-order chi connectivity index (χ0) is 10.4. The highest BCUT2D eigenvalue weighted by Crippen LogP contribution is 2.11. The maximum Gasteiger partial charge on any atom is 0.0270 e. The van der Waals surface area contributed by atoms with Crippen molar-refractivity contribution in [2.75, 3.05) is 0 Å². The van der Waals surface area contributed by atoms with Crippen LogP contribution in [0.1, 0.15) is 32.3 Å². The lowest BCUT2D eigenvalue weighted by Gasteiger charge is -2.15. The summed E-state index contributed by atoms with van der Waals surface area (Å²) in [6.45, 7) is 4.47. The van der Waals surface area contributed by atoms with E-state index in [0.29, 0.717) is 0 Å². The lowest BCUT2D eigenvalue weighted by atomic mass is 9.96. The van der Waals surface area contributed by atoms with Crippen molar-refractivity contribution in [3.05, 3.63) is 30.1 Å². The van der Waals surface area contributed by atoms with Gasteiger partial charge in [0.2, 0.25) is 0 Å². The SMILES string of the molecule is CCC(C)CC(N)Cc1ccncc1. The Kier molecular flexibility index (Phi) is 4.60. The summed E-state index contributed by atoms with van der Waals surface area (Å²) < 4.78 is 0. The third-order valence-corrected chi connectivity index (χ3v) is 2.65. The van der Waals surface area contributed by atoms with Gasteiger partial charge in [-0.3, -0.25) is 4.98 Å². The van der Waals surface area contributed by atoms with Gasteiger partial charge in [0.15, 0.2) is 0 Å². The standard InChI is InChI=1S/C12H20N2/c1-3-10(2)8-12(13)9-11-4-6-14-7-5-11/h4-7,10,12H,3,8-9,13H2,1-2H3. The van der Waals surface area contributed by atoms with Crippen molar-refractivity contribution in [1.82, 2.24) is 4.98 Å². The Balaban J connectivity index is 2.37. The van der Waals surface area contributed by atoms with E-state index in [1.807, 2.05) is 24.5 Å². The first-order valence-corrected chi connectivity index (χ1v) is 5.36. The van der Waals surface area contributed by atoms with Crippen molar-refractivity contribution in [3.63, 3.8) is 0 Å². The van der Waals surface area contributed by atoms with Crippen LogP contribution in [0.3, 0.4) is 0 Å². The molecule has 0 spiro atoms. The molecule has 1 heterocycles. The number of pyridine rings is 1. The van der Waals surface area contributed by atoms with E-state index in [-0.39, 0.29) is 6.04 Å². The third-order valence-electron chi connectivity index (χ3n) is 2.65. The topological polar surface area (TPSA) is 38.9 Å². The Morgan fingerprint density at radius 3 is 2.57 bits per heavy atom. The summed E-state index contributed by atoms with van der Waals surface area (Å²) in [5.74, 6) is 0.729. The zero-order valence-corrected chi connectivity index (χ0v) is 9.11. The number of hydrogen-bond donors (Lipinski definition) is 1. The lowest BCUT2D eigenvalue weighted by Crippen LogP contribution is -2.25. The first-order chi connectivity index (χ1) is 6.72. The second-order valence-electron chi connectivity index (χ2n) is 4.07. The molecule has 0 radical (unpaired) electrons. The van der Waals surface area contributed by atoms with E-state index >= 15 is 0 Å². The van der Waals surface area contributed by atoms with E-state index in [1.54, 1.807) is 0 Å². The molecule has 0 saturated carbocycles. The molecule has 0 aliphatic rings. The van der Waals surface area contributed by atoms with Crippen molar-refractivity contribution in [2.24, 2.45) is 11.7 Å². The Hall–Kier alpha value is -0.890. The third kappa shape index (κ3) is 3.88. The molecule has 0 aliphatic carbocycles. The molecule has 0 aliphatic heterocycles. The Bertz CT molecular complexity index is 246. The van der Waals surface area contributed by atoms with Gasteiger partial charge in [0.05, 0.1) is 0 Å². The van der Waals surface area contributed by atoms with Gasteiger partial charge in [-0.15, -0.1) is 0 Å². The molecule has 78 valence electrons. The average molecular weight is 192 g/mol. The molecular weight excluding hydrogens is 172 g/mol. The maximum atomic E-state index is 6.06. The highest BCUT2D eigenvalue weighted by Gasteiger charge is 2.07. The molecule has 0 amide bonds. The summed E-state index contributed by atoms with van der Waals surface area (Å²) in [5.41, 5.74) is 7.35. The van der Waals surface area contributed by atoms with Crippen LogP contribution in [0.15, 0.2) is 24.5 Å². The number of nitrogens with zero attached hydrogens (tertiary/aromatic N) is 1. The number of aromatic nitrogens is 1. The fraction of sp³-hybridized carbons (Fsp3) is 0.583. The van der Waals surface area contributed by atoms with E-state index < -0.39 is 0 Å².